The number of rotatable bonds is 3. The summed E-state index contributed by atoms with van der Waals surface area (Å²) in [5.74, 6) is -0.825. The minimum absolute atomic E-state index is 0.0314. The van der Waals surface area contributed by atoms with Crippen LogP contribution in [0.5, 0.6) is 0 Å². The van der Waals surface area contributed by atoms with Crippen molar-refractivity contribution in [2.75, 3.05) is 0 Å². The molecular weight excluding hydrogens is 240 g/mol. The Hall–Kier alpha value is -2.55. The number of fused-ring (bicyclic) bond motifs is 1. The standard InChI is InChI=1S/C16H12O3/c17-16(18)9-11-4-3-5-12(8-11)14-10-19-15-7-2-1-6-13(14)15/h1-8,10H,9H2,(H,17,18). The van der Waals surface area contributed by atoms with E-state index in [1.54, 1.807) is 6.26 Å². The molecule has 3 aromatic rings. The van der Waals surface area contributed by atoms with Crippen molar-refractivity contribution in [2.45, 2.75) is 6.42 Å². The normalized spacial score (nSPS) is 10.7. The van der Waals surface area contributed by atoms with Crippen molar-refractivity contribution in [3.63, 3.8) is 0 Å². The zero-order valence-electron chi connectivity index (χ0n) is 10.2. The molecule has 0 aliphatic heterocycles. The van der Waals surface area contributed by atoms with Crippen LogP contribution >= 0.6 is 0 Å². The van der Waals surface area contributed by atoms with Crippen molar-refractivity contribution < 1.29 is 14.3 Å². The minimum atomic E-state index is -0.825. The van der Waals surface area contributed by atoms with Gasteiger partial charge in [-0.05, 0) is 17.2 Å². The molecule has 0 aliphatic rings. The number of aliphatic carboxylic acids is 1. The van der Waals surface area contributed by atoms with Gasteiger partial charge in [0.05, 0.1) is 12.7 Å². The Morgan fingerprint density at radius 1 is 1.11 bits per heavy atom. The van der Waals surface area contributed by atoms with Gasteiger partial charge in [-0.25, -0.2) is 0 Å². The van der Waals surface area contributed by atoms with Crippen LogP contribution in [0.1, 0.15) is 5.56 Å². The molecule has 19 heavy (non-hydrogen) atoms. The topological polar surface area (TPSA) is 50.4 Å². The fraction of sp³-hybridized carbons (Fsp3) is 0.0625. The van der Waals surface area contributed by atoms with Crippen LogP contribution in [-0.4, -0.2) is 11.1 Å². The van der Waals surface area contributed by atoms with E-state index in [4.69, 9.17) is 9.52 Å². The predicted molar refractivity (Wildman–Crippen MR) is 73.0 cm³/mol. The summed E-state index contributed by atoms with van der Waals surface area (Å²) in [5.41, 5.74) is 3.59. The molecule has 1 N–H and O–H groups in total. The molecule has 0 saturated heterocycles. The number of carboxylic acid groups (broad SMARTS) is 1. The highest BCUT2D eigenvalue weighted by Crippen LogP contribution is 2.30. The van der Waals surface area contributed by atoms with Gasteiger partial charge in [-0.1, -0.05) is 42.5 Å². The van der Waals surface area contributed by atoms with Gasteiger partial charge < -0.3 is 9.52 Å². The van der Waals surface area contributed by atoms with Crippen molar-refractivity contribution >= 4 is 16.9 Å². The number of carboxylic acids is 1. The van der Waals surface area contributed by atoms with E-state index in [0.717, 1.165) is 27.7 Å². The molecule has 1 heterocycles. The van der Waals surface area contributed by atoms with Gasteiger partial charge in [0.2, 0.25) is 0 Å². The third kappa shape index (κ3) is 2.22. The minimum Gasteiger partial charge on any atom is -0.481 e. The number of hydrogen-bond donors (Lipinski definition) is 1. The maximum atomic E-state index is 10.8. The van der Waals surface area contributed by atoms with Crippen LogP contribution in [0.3, 0.4) is 0 Å². The molecule has 0 bridgehead atoms. The zero-order chi connectivity index (χ0) is 13.2. The lowest BCUT2D eigenvalue weighted by molar-refractivity contribution is -0.136. The third-order valence-electron chi connectivity index (χ3n) is 3.07. The fourth-order valence-electron chi connectivity index (χ4n) is 2.22. The van der Waals surface area contributed by atoms with Gasteiger partial charge in [-0.3, -0.25) is 4.79 Å². The quantitative estimate of drug-likeness (QED) is 0.772. The second-order valence-electron chi connectivity index (χ2n) is 4.42. The highest BCUT2D eigenvalue weighted by atomic mass is 16.4. The van der Waals surface area contributed by atoms with Crippen LogP contribution in [0.25, 0.3) is 22.1 Å². The van der Waals surface area contributed by atoms with Crippen molar-refractivity contribution in [2.24, 2.45) is 0 Å². The predicted octanol–water partition coefficient (Wildman–Crippen LogP) is 3.73. The first-order valence-corrected chi connectivity index (χ1v) is 6.01. The van der Waals surface area contributed by atoms with Crippen molar-refractivity contribution in [3.05, 3.63) is 60.4 Å². The molecule has 1 aromatic heterocycles. The SMILES string of the molecule is O=C(O)Cc1cccc(-c2coc3ccccc23)c1. The smallest absolute Gasteiger partial charge is 0.307 e. The summed E-state index contributed by atoms with van der Waals surface area (Å²) in [6.45, 7) is 0. The van der Waals surface area contributed by atoms with Gasteiger partial charge in [0, 0.05) is 10.9 Å². The number of benzene rings is 2. The molecule has 0 saturated carbocycles. The molecule has 2 aromatic carbocycles. The van der Waals surface area contributed by atoms with E-state index in [0.29, 0.717) is 0 Å². The van der Waals surface area contributed by atoms with E-state index < -0.39 is 5.97 Å². The van der Waals surface area contributed by atoms with Gasteiger partial charge in [0.1, 0.15) is 5.58 Å². The summed E-state index contributed by atoms with van der Waals surface area (Å²) >= 11 is 0. The second kappa shape index (κ2) is 4.61. The van der Waals surface area contributed by atoms with Crippen LogP contribution in [0.2, 0.25) is 0 Å². The fourth-order valence-corrected chi connectivity index (χ4v) is 2.22. The lowest BCUT2D eigenvalue weighted by Crippen LogP contribution is -1.99. The molecule has 0 atom stereocenters. The molecule has 94 valence electrons. The first kappa shape index (κ1) is 11.5. The average Bonchev–Trinajstić information content (AvgIpc) is 2.82. The number of furan rings is 1. The van der Waals surface area contributed by atoms with Crippen molar-refractivity contribution in [1.29, 1.82) is 0 Å². The third-order valence-corrected chi connectivity index (χ3v) is 3.07. The number of para-hydroxylation sites is 1. The van der Waals surface area contributed by atoms with Crippen molar-refractivity contribution in [3.8, 4) is 11.1 Å². The Morgan fingerprint density at radius 2 is 1.95 bits per heavy atom. The molecular formula is C16H12O3. The Morgan fingerprint density at radius 3 is 2.79 bits per heavy atom. The highest BCUT2D eigenvalue weighted by Gasteiger charge is 2.08. The average molecular weight is 252 g/mol. The molecule has 0 fully saturated rings. The zero-order valence-corrected chi connectivity index (χ0v) is 10.2. The maximum absolute atomic E-state index is 10.8. The van der Waals surface area contributed by atoms with E-state index in [1.165, 1.54) is 0 Å². The molecule has 3 rings (SSSR count). The van der Waals surface area contributed by atoms with Crippen LogP contribution < -0.4 is 0 Å². The molecule has 3 nitrogen and oxygen atoms in total. The van der Waals surface area contributed by atoms with Gasteiger partial charge in [0.15, 0.2) is 0 Å². The summed E-state index contributed by atoms with van der Waals surface area (Å²) in [5, 5.41) is 9.88. The Balaban J connectivity index is 2.09. The summed E-state index contributed by atoms with van der Waals surface area (Å²) in [6, 6.07) is 15.3. The molecule has 3 heteroatoms. The van der Waals surface area contributed by atoms with E-state index >= 15 is 0 Å². The summed E-state index contributed by atoms with van der Waals surface area (Å²) in [4.78, 5) is 10.8. The van der Waals surface area contributed by atoms with Gasteiger partial charge in [0.25, 0.3) is 0 Å². The van der Waals surface area contributed by atoms with E-state index in [2.05, 4.69) is 0 Å². The number of carbonyl (C=O) groups is 1. The summed E-state index contributed by atoms with van der Waals surface area (Å²) in [6.07, 6.45) is 1.74. The molecule has 0 amide bonds. The Bertz CT molecular complexity index is 740. The van der Waals surface area contributed by atoms with Crippen LogP contribution in [0, 0.1) is 0 Å². The van der Waals surface area contributed by atoms with Gasteiger partial charge in [-0.15, -0.1) is 0 Å². The first-order chi connectivity index (χ1) is 9.24. The summed E-state index contributed by atoms with van der Waals surface area (Å²) < 4.78 is 5.51. The molecule has 0 aliphatic carbocycles. The lowest BCUT2D eigenvalue weighted by Gasteiger charge is -2.02. The van der Waals surface area contributed by atoms with Gasteiger partial charge >= 0.3 is 5.97 Å². The molecule has 0 unspecified atom stereocenters. The first-order valence-electron chi connectivity index (χ1n) is 6.01. The Kier molecular flexibility index (Phi) is 2.80. The second-order valence-corrected chi connectivity index (χ2v) is 4.42. The highest BCUT2D eigenvalue weighted by molar-refractivity contribution is 5.94. The van der Waals surface area contributed by atoms with E-state index in [1.807, 2.05) is 48.5 Å². The summed E-state index contributed by atoms with van der Waals surface area (Å²) in [7, 11) is 0. The van der Waals surface area contributed by atoms with Crippen LogP contribution in [0.4, 0.5) is 0 Å². The largest absolute Gasteiger partial charge is 0.481 e. The number of hydrogen-bond acceptors (Lipinski definition) is 2. The van der Waals surface area contributed by atoms with Crippen LogP contribution in [0.15, 0.2) is 59.2 Å². The molecule has 0 spiro atoms. The Labute approximate surface area is 110 Å². The van der Waals surface area contributed by atoms with Gasteiger partial charge in [-0.2, -0.15) is 0 Å². The van der Waals surface area contributed by atoms with E-state index in [9.17, 15) is 4.79 Å². The van der Waals surface area contributed by atoms with E-state index in [-0.39, 0.29) is 6.42 Å². The van der Waals surface area contributed by atoms with Crippen LogP contribution in [-0.2, 0) is 11.2 Å². The molecule has 0 radical (unpaired) electrons. The van der Waals surface area contributed by atoms with Crippen molar-refractivity contribution in [1.82, 2.24) is 0 Å². The monoisotopic (exact) mass is 252 g/mol. The lowest BCUT2D eigenvalue weighted by atomic mass is 10.0. The maximum Gasteiger partial charge on any atom is 0.307 e.